The van der Waals surface area contributed by atoms with E-state index >= 15 is 0 Å². The average Bonchev–Trinajstić information content (AvgIpc) is 3.07. The molecule has 0 amide bonds. The molecule has 1 unspecified atom stereocenters. The Kier molecular flexibility index (Phi) is 2.55. The normalized spacial score (nSPS) is 25.9. The molecule has 2 aliphatic rings. The summed E-state index contributed by atoms with van der Waals surface area (Å²) >= 11 is 0. The van der Waals surface area contributed by atoms with Crippen LogP contribution in [-0.2, 0) is 6.54 Å². The van der Waals surface area contributed by atoms with Gasteiger partial charge in [-0.25, -0.2) is 9.48 Å². The highest BCUT2D eigenvalue weighted by molar-refractivity contribution is 5.02. The van der Waals surface area contributed by atoms with Crippen LogP contribution in [0, 0.1) is 5.92 Å². The maximum absolute atomic E-state index is 11.7. The van der Waals surface area contributed by atoms with Crippen molar-refractivity contribution in [2.75, 3.05) is 13.1 Å². The van der Waals surface area contributed by atoms with Crippen molar-refractivity contribution in [3.63, 3.8) is 0 Å². The van der Waals surface area contributed by atoms with Crippen molar-refractivity contribution in [1.82, 2.24) is 20.1 Å². The van der Waals surface area contributed by atoms with Crippen LogP contribution in [0.25, 0.3) is 0 Å². The van der Waals surface area contributed by atoms with Gasteiger partial charge >= 0.3 is 5.69 Å². The molecular formula is C11H18N4O. The molecule has 1 atom stereocenters. The number of hydrogen-bond acceptors (Lipinski definition) is 3. The summed E-state index contributed by atoms with van der Waals surface area (Å²) in [4.78, 5) is 14.5. The molecule has 16 heavy (non-hydrogen) atoms. The van der Waals surface area contributed by atoms with Gasteiger partial charge in [0.05, 0.1) is 6.54 Å². The number of H-pyrrole nitrogens is 1. The Morgan fingerprint density at radius 2 is 2.25 bits per heavy atom. The molecule has 3 rings (SSSR count). The lowest BCUT2D eigenvalue weighted by molar-refractivity contribution is 0.320. The van der Waals surface area contributed by atoms with Gasteiger partial charge in [0.1, 0.15) is 5.82 Å². The van der Waals surface area contributed by atoms with Gasteiger partial charge in [-0.2, -0.15) is 5.10 Å². The molecule has 1 saturated heterocycles. The van der Waals surface area contributed by atoms with Crippen molar-refractivity contribution in [2.45, 2.75) is 38.1 Å². The summed E-state index contributed by atoms with van der Waals surface area (Å²) in [5, 5.41) is 7.75. The molecule has 2 fully saturated rings. The number of aromatic nitrogens is 3. The highest BCUT2D eigenvalue weighted by atomic mass is 16.1. The van der Waals surface area contributed by atoms with Gasteiger partial charge in [-0.1, -0.05) is 0 Å². The molecule has 0 bridgehead atoms. The molecular weight excluding hydrogens is 204 g/mol. The van der Waals surface area contributed by atoms with Crippen molar-refractivity contribution in [2.24, 2.45) is 5.92 Å². The van der Waals surface area contributed by atoms with Gasteiger partial charge in [0.2, 0.25) is 0 Å². The summed E-state index contributed by atoms with van der Waals surface area (Å²) in [5.41, 5.74) is -0.0347. The molecule has 5 heteroatoms. The third-order valence-corrected chi connectivity index (χ3v) is 3.49. The van der Waals surface area contributed by atoms with Crippen LogP contribution in [0.2, 0.25) is 0 Å². The fourth-order valence-electron chi connectivity index (χ4n) is 2.36. The van der Waals surface area contributed by atoms with Gasteiger partial charge in [-0.15, -0.1) is 0 Å². The fourth-order valence-corrected chi connectivity index (χ4v) is 2.36. The SMILES string of the molecule is O=c1[nH]c(C2CC2)nn1CC1CCCNC1. The Morgan fingerprint density at radius 1 is 1.38 bits per heavy atom. The molecule has 5 nitrogen and oxygen atoms in total. The van der Waals surface area contributed by atoms with Gasteiger partial charge in [0, 0.05) is 5.92 Å². The molecule has 1 aliphatic carbocycles. The maximum atomic E-state index is 11.7. The fraction of sp³-hybridized carbons (Fsp3) is 0.818. The van der Waals surface area contributed by atoms with Gasteiger partial charge in [-0.3, -0.25) is 4.98 Å². The van der Waals surface area contributed by atoms with E-state index in [4.69, 9.17) is 0 Å². The number of aromatic amines is 1. The Bertz CT molecular complexity index is 412. The number of nitrogens with zero attached hydrogens (tertiary/aromatic N) is 2. The van der Waals surface area contributed by atoms with Crippen LogP contribution in [0.4, 0.5) is 0 Å². The maximum Gasteiger partial charge on any atom is 0.343 e. The van der Waals surface area contributed by atoms with Crippen molar-refractivity contribution in [1.29, 1.82) is 0 Å². The lowest BCUT2D eigenvalue weighted by Gasteiger charge is -2.21. The Labute approximate surface area is 94.2 Å². The predicted octanol–water partition coefficient (Wildman–Crippen LogP) is 0.448. The minimum Gasteiger partial charge on any atom is -0.316 e. The zero-order valence-electron chi connectivity index (χ0n) is 9.41. The summed E-state index contributed by atoms with van der Waals surface area (Å²) in [6, 6.07) is 0. The Hall–Kier alpha value is -1.10. The van der Waals surface area contributed by atoms with Crippen molar-refractivity contribution in [3.05, 3.63) is 16.3 Å². The second-order valence-electron chi connectivity index (χ2n) is 4.98. The molecule has 1 saturated carbocycles. The number of piperidine rings is 1. The average molecular weight is 222 g/mol. The summed E-state index contributed by atoms with van der Waals surface area (Å²) in [7, 11) is 0. The second kappa shape index (κ2) is 4.05. The van der Waals surface area contributed by atoms with Gasteiger partial charge < -0.3 is 5.32 Å². The van der Waals surface area contributed by atoms with E-state index in [1.54, 1.807) is 4.68 Å². The lowest BCUT2D eigenvalue weighted by atomic mass is 10.00. The highest BCUT2D eigenvalue weighted by Crippen LogP contribution is 2.37. The number of hydrogen-bond donors (Lipinski definition) is 2. The number of rotatable bonds is 3. The van der Waals surface area contributed by atoms with Crippen LogP contribution in [0.1, 0.15) is 37.4 Å². The van der Waals surface area contributed by atoms with Crippen LogP contribution in [0.5, 0.6) is 0 Å². The smallest absolute Gasteiger partial charge is 0.316 e. The monoisotopic (exact) mass is 222 g/mol. The molecule has 2 heterocycles. The molecule has 0 radical (unpaired) electrons. The predicted molar refractivity (Wildman–Crippen MR) is 60.4 cm³/mol. The first-order valence-electron chi connectivity index (χ1n) is 6.20. The van der Waals surface area contributed by atoms with Crippen LogP contribution >= 0.6 is 0 Å². The summed E-state index contributed by atoms with van der Waals surface area (Å²) in [5.74, 6) is 1.98. The summed E-state index contributed by atoms with van der Waals surface area (Å²) in [6.45, 7) is 2.88. The highest BCUT2D eigenvalue weighted by Gasteiger charge is 2.28. The number of nitrogens with one attached hydrogen (secondary N) is 2. The van der Waals surface area contributed by atoms with Gasteiger partial charge in [0.15, 0.2) is 0 Å². The van der Waals surface area contributed by atoms with E-state index in [0.717, 1.165) is 25.5 Å². The molecule has 1 aromatic rings. The van der Waals surface area contributed by atoms with E-state index in [0.29, 0.717) is 11.8 Å². The molecule has 0 spiro atoms. The summed E-state index contributed by atoms with van der Waals surface area (Å²) < 4.78 is 1.62. The van der Waals surface area contributed by atoms with E-state index in [2.05, 4.69) is 15.4 Å². The van der Waals surface area contributed by atoms with Gasteiger partial charge in [0.25, 0.3) is 0 Å². The molecule has 2 N–H and O–H groups in total. The molecule has 88 valence electrons. The van der Waals surface area contributed by atoms with Crippen molar-refractivity contribution >= 4 is 0 Å². The zero-order valence-corrected chi connectivity index (χ0v) is 9.41. The van der Waals surface area contributed by atoms with E-state index < -0.39 is 0 Å². The minimum atomic E-state index is -0.0347. The Balaban J connectivity index is 1.70. The first-order chi connectivity index (χ1) is 7.83. The lowest BCUT2D eigenvalue weighted by Crippen LogP contribution is -2.34. The standard InChI is InChI=1S/C11H18N4O/c16-11-13-10(9-3-4-9)14-15(11)7-8-2-1-5-12-6-8/h8-9,12H,1-7H2,(H,13,14,16). The van der Waals surface area contributed by atoms with Gasteiger partial charge in [-0.05, 0) is 44.7 Å². The van der Waals surface area contributed by atoms with E-state index in [-0.39, 0.29) is 5.69 Å². The first kappa shape index (κ1) is 10.1. The minimum absolute atomic E-state index is 0.0347. The Morgan fingerprint density at radius 3 is 2.94 bits per heavy atom. The van der Waals surface area contributed by atoms with Crippen LogP contribution in [0.3, 0.4) is 0 Å². The summed E-state index contributed by atoms with van der Waals surface area (Å²) in [6.07, 6.45) is 4.76. The molecule has 0 aromatic carbocycles. The van der Waals surface area contributed by atoms with Crippen LogP contribution < -0.4 is 11.0 Å². The third-order valence-electron chi connectivity index (χ3n) is 3.49. The van der Waals surface area contributed by atoms with E-state index in [1.165, 1.54) is 25.7 Å². The third kappa shape index (κ3) is 2.04. The topological polar surface area (TPSA) is 62.7 Å². The zero-order chi connectivity index (χ0) is 11.0. The molecule has 1 aliphatic heterocycles. The second-order valence-corrected chi connectivity index (χ2v) is 4.98. The van der Waals surface area contributed by atoms with Crippen LogP contribution in [0.15, 0.2) is 4.79 Å². The van der Waals surface area contributed by atoms with Crippen molar-refractivity contribution < 1.29 is 0 Å². The van der Waals surface area contributed by atoms with Crippen LogP contribution in [-0.4, -0.2) is 27.9 Å². The first-order valence-corrected chi connectivity index (χ1v) is 6.20. The van der Waals surface area contributed by atoms with E-state index in [1.807, 2.05) is 0 Å². The van der Waals surface area contributed by atoms with Crippen molar-refractivity contribution in [3.8, 4) is 0 Å². The van der Waals surface area contributed by atoms with E-state index in [9.17, 15) is 4.79 Å². The largest absolute Gasteiger partial charge is 0.343 e. The quantitative estimate of drug-likeness (QED) is 0.780. The molecule has 1 aromatic heterocycles.